The predicted octanol–water partition coefficient (Wildman–Crippen LogP) is 6.70. The van der Waals surface area contributed by atoms with Gasteiger partial charge < -0.3 is 14.5 Å². The molecule has 2 saturated heterocycles. The van der Waals surface area contributed by atoms with E-state index in [0.717, 1.165) is 37.1 Å². The lowest BCUT2D eigenvalue weighted by atomic mass is 9.92. The Balaban J connectivity index is 1.52. The van der Waals surface area contributed by atoms with Gasteiger partial charge in [-0.25, -0.2) is 9.37 Å². The fourth-order valence-electron chi connectivity index (χ4n) is 6.11. The Morgan fingerprint density at radius 2 is 1.89 bits per heavy atom. The zero-order chi connectivity index (χ0) is 25.4. The molecule has 3 atom stereocenters. The molecular formula is C29H31BrFN3O2. The third kappa shape index (κ3) is 4.49. The van der Waals surface area contributed by atoms with Crippen molar-refractivity contribution in [3.05, 3.63) is 87.8 Å². The summed E-state index contributed by atoms with van der Waals surface area (Å²) in [6, 6.07) is 16.8. The fraction of sp³-hybridized carbons (Fsp3) is 0.379. The molecule has 0 saturated carbocycles. The Labute approximate surface area is 220 Å². The number of carbonyl (C=O) groups is 1. The lowest BCUT2D eigenvalue weighted by Gasteiger charge is -2.46. The van der Waals surface area contributed by atoms with Gasteiger partial charge in [0.25, 0.3) is 5.91 Å². The van der Waals surface area contributed by atoms with Crippen molar-refractivity contribution < 1.29 is 13.9 Å². The van der Waals surface area contributed by atoms with Crippen LogP contribution in [0.5, 0.6) is 5.75 Å². The molecular weight excluding hydrogens is 521 g/mol. The van der Waals surface area contributed by atoms with Crippen molar-refractivity contribution >= 4 is 27.7 Å². The van der Waals surface area contributed by atoms with Crippen LogP contribution in [0.3, 0.4) is 0 Å². The Kier molecular flexibility index (Phi) is 7.02. The number of halogens is 2. The number of piperidine rings is 1. The summed E-state index contributed by atoms with van der Waals surface area (Å²) in [4.78, 5) is 23.2. The molecule has 2 aliphatic rings. The fourth-order valence-corrected chi connectivity index (χ4v) is 6.44. The van der Waals surface area contributed by atoms with E-state index in [1.807, 2.05) is 61.3 Å². The topological polar surface area (TPSA) is 45.7 Å². The van der Waals surface area contributed by atoms with Crippen LogP contribution in [0.1, 0.15) is 60.1 Å². The van der Waals surface area contributed by atoms with Crippen LogP contribution in [0.15, 0.2) is 65.3 Å². The molecule has 2 aromatic carbocycles. The number of hydrogen-bond acceptors (Lipinski definition) is 4. The van der Waals surface area contributed by atoms with Gasteiger partial charge in [0.2, 0.25) is 0 Å². The van der Waals surface area contributed by atoms with Crippen molar-refractivity contribution in [2.24, 2.45) is 0 Å². The standard InChI is InChI=1S/C29H31BrFN3O2/c1-18-24(7-6-8-27(18)36-3)29(35)33(19(2)25-13-10-20(30)15-26(25)31)23-16-21-11-12-22(17-23)34(21)28-9-4-5-14-32-28/h4-10,13-15,19,21-23H,11-12,16-17H2,1-3H3. The van der Waals surface area contributed by atoms with Gasteiger partial charge in [0, 0.05) is 45.5 Å². The molecule has 3 unspecified atom stereocenters. The van der Waals surface area contributed by atoms with Crippen LogP contribution in [0.25, 0.3) is 0 Å². The van der Waals surface area contributed by atoms with Crippen molar-refractivity contribution in [3.8, 4) is 5.75 Å². The maximum Gasteiger partial charge on any atom is 0.255 e. The molecule has 3 heterocycles. The number of aromatic nitrogens is 1. The van der Waals surface area contributed by atoms with Crippen LogP contribution >= 0.6 is 15.9 Å². The van der Waals surface area contributed by atoms with Crippen molar-refractivity contribution in [1.82, 2.24) is 9.88 Å². The first-order chi connectivity index (χ1) is 17.4. The maximum absolute atomic E-state index is 15.1. The maximum atomic E-state index is 15.1. The van der Waals surface area contributed by atoms with E-state index < -0.39 is 6.04 Å². The number of fused-ring (bicyclic) bond motifs is 2. The van der Waals surface area contributed by atoms with Gasteiger partial charge >= 0.3 is 0 Å². The number of carbonyl (C=O) groups excluding carboxylic acids is 1. The summed E-state index contributed by atoms with van der Waals surface area (Å²) in [6.07, 6.45) is 5.62. The minimum atomic E-state index is -0.429. The molecule has 0 radical (unpaired) electrons. The van der Waals surface area contributed by atoms with E-state index in [1.54, 1.807) is 13.2 Å². The molecule has 2 fully saturated rings. The summed E-state index contributed by atoms with van der Waals surface area (Å²) in [7, 11) is 1.61. The van der Waals surface area contributed by atoms with Gasteiger partial charge in [0.1, 0.15) is 17.4 Å². The second-order valence-corrected chi connectivity index (χ2v) is 10.7. The minimum absolute atomic E-state index is 0.0152. The Hall–Kier alpha value is -2.93. The SMILES string of the molecule is COc1cccc(C(=O)N(C2CC3CCC(C2)N3c2ccccn2)C(C)c2ccc(Br)cc2F)c1C. The van der Waals surface area contributed by atoms with E-state index in [4.69, 9.17) is 4.74 Å². The molecule has 0 N–H and O–H groups in total. The first-order valence-corrected chi connectivity index (χ1v) is 13.3. The van der Waals surface area contributed by atoms with Gasteiger partial charge in [0.15, 0.2) is 0 Å². The average Bonchev–Trinajstić information content (AvgIpc) is 3.14. The van der Waals surface area contributed by atoms with E-state index in [1.165, 1.54) is 6.07 Å². The molecule has 1 amide bonds. The first kappa shape index (κ1) is 24.8. The molecule has 1 aromatic heterocycles. The van der Waals surface area contributed by atoms with Crippen molar-refractivity contribution in [2.75, 3.05) is 12.0 Å². The number of rotatable bonds is 6. The number of benzene rings is 2. The van der Waals surface area contributed by atoms with E-state index in [0.29, 0.717) is 33.4 Å². The molecule has 36 heavy (non-hydrogen) atoms. The number of nitrogens with zero attached hydrogens (tertiary/aromatic N) is 3. The van der Waals surface area contributed by atoms with E-state index >= 15 is 4.39 Å². The second-order valence-electron chi connectivity index (χ2n) is 9.79. The molecule has 3 aromatic rings. The van der Waals surface area contributed by atoms with E-state index in [2.05, 4.69) is 31.9 Å². The van der Waals surface area contributed by atoms with Gasteiger partial charge in [-0.1, -0.05) is 34.1 Å². The predicted molar refractivity (Wildman–Crippen MR) is 143 cm³/mol. The van der Waals surface area contributed by atoms with Crippen LogP contribution in [-0.2, 0) is 0 Å². The molecule has 0 spiro atoms. The highest BCUT2D eigenvalue weighted by Crippen LogP contribution is 2.43. The van der Waals surface area contributed by atoms with Crippen LogP contribution in [0, 0.1) is 12.7 Å². The molecule has 2 aliphatic heterocycles. The van der Waals surface area contributed by atoms with Crippen molar-refractivity contribution in [1.29, 1.82) is 0 Å². The lowest BCUT2D eigenvalue weighted by Crippen LogP contribution is -2.53. The first-order valence-electron chi connectivity index (χ1n) is 12.5. The highest BCUT2D eigenvalue weighted by atomic mass is 79.9. The van der Waals surface area contributed by atoms with Crippen LogP contribution in [0.2, 0.25) is 0 Å². The van der Waals surface area contributed by atoms with E-state index in [9.17, 15) is 4.79 Å². The van der Waals surface area contributed by atoms with Crippen LogP contribution in [0.4, 0.5) is 10.2 Å². The summed E-state index contributed by atoms with van der Waals surface area (Å²) >= 11 is 3.36. The monoisotopic (exact) mass is 551 g/mol. The molecule has 5 nitrogen and oxygen atoms in total. The number of pyridine rings is 1. The van der Waals surface area contributed by atoms with Gasteiger partial charge in [-0.15, -0.1) is 0 Å². The van der Waals surface area contributed by atoms with Crippen LogP contribution in [-0.4, -0.2) is 41.0 Å². The third-order valence-electron chi connectivity index (χ3n) is 7.81. The van der Waals surface area contributed by atoms with E-state index in [-0.39, 0.29) is 17.8 Å². The zero-order valence-corrected chi connectivity index (χ0v) is 22.4. The zero-order valence-electron chi connectivity index (χ0n) is 20.8. The minimum Gasteiger partial charge on any atom is -0.496 e. The van der Waals surface area contributed by atoms with Gasteiger partial charge in [-0.3, -0.25) is 4.79 Å². The average molecular weight is 552 g/mol. The Morgan fingerprint density at radius 1 is 1.14 bits per heavy atom. The number of amides is 1. The molecule has 5 rings (SSSR count). The largest absolute Gasteiger partial charge is 0.496 e. The highest BCUT2D eigenvalue weighted by Gasteiger charge is 2.45. The smallest absolute Gasteiger partial charge is 0.255 e. The van der Waals surface area contributed by atoms with Gasteiger partial charge in [0.05, 0.1) is 13.2 Å². The summed E-state index contributed by atoms with van der Waals surface area (Å²) in [5.74, 6) is 1.27. The molecule has 0 aliphatic carbocycles. The summed E-state index contributed by atoms with van der Waals surface area (Å²) in [5, 5.41) is 0. The quantitative estimate of drug-likeness (QED) is 0.341. The second kappa shape index (κ2) is 10.2. The highest BCUT2D eigenvalue weighted by molar-refractivity contribution is 9.10. The Morgan fingerprint density at radius 3 is 2.53 bits per heavy atom. The third-order valence-corrected chi connectivity index (χ3v) is 8.31. The van der Waals surface area contributed by atoms with Crippen molar-refractivity contribution in [3.63, 3.8) is 0 Å². The lowest BCUT2D eigenvalue weighted by molar-refractivity contribution is 0.0521. The summed E-state index contributed by atoms with van der Waals surface area (Å²) in [5.41, 5.74) is 1.91. The van der Waals surface area contributed by atoms with Gasteiger partial charge in [-0.05, 0) is 75.9 Å². The van der Waals surface area contributed by atoms with Crippen LogP contribution < -0.4 is 9.64 Å². The van der Waals surface area contributed by atoms with Crippen molar-refractivity contribution in [2.45, 2.75) is 63.7 Å². The number of anilines is 1. The number of hydrogen-bond donors (Lipinski definition) is 0. The molecule has 7 heteroatoms. The molecule has 2 bridgehead atoms. The summed E-state index contributed by atoms with van der Waals surface area (Å²) < 4.78 is 21.3. The Bertz CT molecular complexity index is 1240. The molecule has 188 valence electrons. The van der Waals surface area contributed by atoms with Gasteiger partial charge in [-0.2, -0.15) is 0 Å². The number of ether oxygens (including phenoxy) is 1. The summed E-state index contributed by atoms with van der Waals surface area (Å²) in [6.45, 7) is 3.84. The normalized spacial score (nSPS) is 21.8. The number of methoxy groups -OCH3 is 1.